The van der Waals surface area contributed by atoms with Crippen LogP contribution < -0.4 is 16.8 Å². The normalized spacial score (nSPS) is 11.8. The Hall–Kier alpha value is -8.15. The molecule has 17 heteroatoms. The van der Waals surface area contributed by atoms with Crippen LogP contribution in [0.2, 0.25) is 0 Å². The summed E-state index contributed by atoms with van der Waals surface area (Å²) >= 11 is 0. The predicted octanol–water partition coefficient (Wildman–Crippen LogP) is 11.1. The number of carboxylic acids is 1. The maximum atomic E-state index is 13.0. The zero-order valence-electron chi connectivity index (χ0n) is 31.4. The molecule has 0 bridgehead atoms. The number of anilines is 3. The summed E-state index contributed by atoms with van der Waals surface area (Å²) in [7, 11) is -4.34. The second-order valence-corrected chi connectivity index (χ2v) is 14.7. The standard InChI is InChI=1S/C43H33N9O7S/c1-24-20-37(51-48-31-12-4-26(5-13-31)25-2-10-30(11-3-25)47-50-34-17-19-38(53)36(23-34)43(55)56)40(45)41(39(24)44)52-49-32-14-6-27(7-15-32)42(54)46-33-16-8-29-22-35(60(57,58)59)18-9-28(29)21-33/h2-23,53H,44-45H2,1H3,(H,46,54)(H,55,56)(H,57,58,59). The Morgan fingerprint density at radius 3 is 1.75 bits per heavy atom. The van der Waals surface area contributed by atoms with Crippen LogP contribution in [-0.4, -0.2) is 35.1 Å². The fourth-order valence-corrected chi connectivity index (χ4v) is 6.40. The van der Waals surface area contributed by atoms with Crippen LogP contribution in [0.3, 0.4) is 0 Å². The number of benzene rings is 7. The highest BCUT2D eigenvalue weighted by atomic mass is 32.2. The molecule has 60 heavy (non-hydrogen) atoms. The molecule has 0 fully saturated rings. The molecule has 298 valence electrons. The number of aromatic carboxylic acids is 1. The van der Waals surface area contributed by atoms with Gasteiger partial charge in [-0.25, -0.2) is 4.79 Å². The van der Waals surface area contributed by atoms with E-state index in [1.807, 2.05) is 24.3 Å². The summed E-state index contributed by atoms with van der Waals surface area (Å²) in [5, 5.41) is 48.5. The number of rotatable bonds is 11. The van der Waals surface area contributed by atoms with Crippen molar-refractivity contribution in [1.82, 2.24) is 0 Å². The van der Waals surface area contributed by atoms with Gasteiger partial charge in [-0.1, -0.05) is 36.4 Å². The van der Waals surface area contributed by atoms with E-state index in [0.29, 0.717) is 56.0 Å². The first-order valence-electron chi connectivity index (χ1n) is 17.9. The molecule has 7 aromatic rings. The number of hydrogen-bond acceptors (Lipinski definition) is 13. The molecule has 0 aliphatic carbocycles. The molecule has 0 radical (unpaired) electrons. The average Bonchev–Trinajstić information content (AvgIpc) is 3.24. The maximum absolute atomic E-state index is 13.0. The van der Waals surface area contributed by atoms with Crippen LogP contribution in [0.5, 0.6) is 5.75 Å². The number of amides is 1. The number of azo groups is 3. The molecular formula is C43H33N9O7S. The lowest BCUT2D eigenvalue weighted by Gasteiger charge is -2.09. The first-order chi connectivity index (χ1) is 28.7. The number of aromatic hydroxyl groups is 1. The molecule has 0 heterocycles. The van der Waals surface area contributed by atoms with Gasteiger partial charge in [0, 0.05) is 11.3 Å². The molecule has 0 unspecified atom stereocenters. The second kappa shape index (κ2) is 16.8. The molecule has 0 aliphatic rings. The second-order valence-electron chi connectivity index (χ2n) is 13.3. The molecule has 0 spiro atoms. The monoisotopic (exact) mass is 819 g/mol. The number of nitrogens with two attached hydrogens (primary N) is 2. The van der Waals surface area contributed by atoms with Gasteiger partial charge in [0.1, 0.15) is 22.7 Å². The van der Waals surface area contributed by atoms with Crippen molar-refractivity contribution in [1.29, 1.82) is 0 Å². The fraction of sp³-hybridized carbons (Fsp3) is 0.0233. The lowest BCUT2D eigenvalue weighted by Crippen LogP contribution is -2.11. The van der Waals surface area contributed by atoms with E-state index in [2.05, 4.69) is 36.0 Å². The summed E-state index contributed by atoms with van der Waals surface area (Å²) in [6.45, 7) is 1.79. The summed E-state index contributed by atoms with van der Waals surface area (Å²) in [4.78, 5) is 24.0. The van der Waals surface area contributed by atoms with Crippen molar-refractivity contribution in [2.45, 2.75) is 11.8 Å². The third kappa shape index (κ3) is 9.18. The van der Waals surface area contributed by atoms with Gasteiger partial charge in [-0.05, 0) is 131 Å². The summed E-state index contributed by atoms with van der Waals surface area (Å²) < 4.78 is 32.2. The number of carboxylic acid groups (broad SMARTS) is 1. The van der Waals surface area contributed by atoms with Gasteiger partial charge >= 0.3 is 5.97 Å². The third-order valence-corrected chi connectivity index (χ3v) is 10.0. The Morgan fingerprint density at radius 1 is 0.600 bits per heavy atom. The van der Waals surface area contributed by atoms with Crippen LogP contribution in [0, 0.1) is 6.92 Å². The van der Waals surface area contributed by atoms with Crippen molar-refractivity contribution in [2.24, 2.45) is 30.7 Å². The van der Waals surface area contributed by atoms with E-state index in [4.69, 9.17) is 11.5 Å². The van der Waals surface area contributed by atoms with Crippen LogP contribution in [0.25, 0.3) is 21.9 Å². The van der Waals surface area contributed by atoms with E-state index < -0.39 is 16.1 Å². The fourth-order valence-electron chi connectivity index (χ4n) is 5.88. The first-order valence-corrected chi connectivity index (χ1v) is 19.3. The first kappa shape index (κ1) is 40.1. The number of nitrogens with zero attached hydrogens (tertiary/aromatic N) is 6. The van der Waals surface area contributed by atoms with Crippen molar-refractivity contribution in [3.8, 4) is 16.9 Å². The Bertz CT molecular complexity index is 3010. The topological polar surface area (TPSA) is 267 Å². The number of fused-ring (bicyclic) bond motifs is 1. The lowest BCUT2D eigenvalue weighted by atomic mass is 10.1. The van der Waals surface area contributed by atoms with Crippen molar-refractivity contribution in [2.75, 3.05) is 16.8 Å². The van der Waals surface area contributed by atoms with Crippen LogP contribution in [0.4, 0.5) is 51.2 Å². The van der Waals surface area contributed by atoms with Gasteiger partial charge in [0.25, 0.3) is 16.0 Å². The maximum Gasteiger partial charge on any atom is 0.339 e. The zero-order chi connectivity index (χ0) is 42.6. The molecule has 0 saturated carbocycles. The minimum Gasteiger partial charge on any atom is -0.507 e. The van der Waals surface area contributed by atoms with E-state index in [0.717, 1.165) is 11.1 Å². The molecule has 0 aromatic heterocycles. The van der Waals surface area contributed by atoms with E-state index in [1.54, 1.807) is 85.8 Å². The number of nitrogen functional groups attached to an aromatic ring is 2. The largest absolute Gasteiger partial charge is 0.507 e. The Kier molecular flexibility index (Phi) is 11.2. The van der Waals surface area contributed by atoms with Gasteiger partial charge < -0.3 is 27.0 Å². The minimum atomic E-state index is -4.34. The van der Waals surface area contributed by atoms with Crippen molar-refractivity contribution >= 4 is 84.0 Å². The summed E-state index contributed by atoms with van der Waals surface area (Å²) in [6, 6.07) is 35.8. The summed E-state index contributed by atoms with van der Waals surface area (Å²) in [5.74, 6) is -2.00. The van der Waals surface area contributed by atoms with E-state index in [-0.39, 0.29) is 39.2 Å². The molecule has 0 aliphatic heterocycles. The van der Waals surface area contributed by atoms with Crippen LogP contribution in [-0.2, 0) is 10.1 Å². The molecule has 7 aromatic carbocycles. The van der Waals surface area contributed by atoms with Gasteiger partial charge in [-0.2, -0.15) is 28.9 Å². The zero-order valence-corrected chi connectivity index (χ0v) is 32.2. The lowest BCUT2D eigenvalue weighted by molar-refractivity contribution is 0.0693. The highest BCUT2D eigenvalue weighted by Gasteiger charge is 2.14. The van der Waals surface area contributed by atoms with Crippen LogP contribution in [0.1, 0.15) is 26.3 Å². The Morgan fingerprint density at radius 2 is 1.13 bits per heavy atom. The van der Waals surface area contributed by atoms with Crippen LogP contribution in [0.15, 0.2) is 169 Å². The third-order valence-electron chi connectivity index (χ3n) is 9.16. The van der Waals surface area contributed by atoms with Gasteiger partial charge in [-0.15, -0.1) is 10.2 Å². The summed E-state index contributed by atoms with van der Waals surface area (Å²) in [6.07, 6.45) is 0. The van der Waals surface area contributed by atoms with Gasteiger partial charge in [-0.3, -0.25) is 9.35 Å². The van der Waals surface area contributed by atoms with Crippen molar-refractivity contribution < 1.29 is 32.8 Å². The SMILES string of the molecule is Cc1cc(N=Nc2ccc(-c3ccc(N=Nc4ccc(O)c(C(=O)O)c4)cc3)cc2)c(N)c(N=Nc2ccc(C(=O)Nc3ccc4cc(S(=O)(=O)O)ccc4c3)cc2)c1N. The van der Waals surface area contributed by atoms with E-state index >= 15 is 0 Å². The predicted molar refractivity (Wildman–Crippen MR) is 228 cm³/mol. The molecule has 0 saturated heterocycles. The highest BCUT2D eigenvalue weighted by Crippen LogP contribution is 2.41. The molecule has 0 atom stereocenters. The Labute approximate surface area is 342 Å². The average molecular weight is 820 g/mol. The highest BCUT2D eigenvalue weighted by molar-refractivity contribution is 7.85. The number of nitrogens with one attached hydrogen (secondary N) is 1. The molecule has 7 rings (SSSR count). The van der Waals surface area contributed by atoms with Crippen molar-refractivity contribution in [3.05, 3.63) is 150 Å². The van der Waals surface area contributed by atoms with Crippen molar-refractivity contribution in [3.63, 3.8) is 0 Å². The van der Waals surface area contributed by atoms with Gasteiger partial charge in [0.15, 0.2) is 0 Å². The molecule has 16 nitrogen and oxygen atoms in total. The number of hydrogen-bond donors (Lipinski definition) is 6. The van der Waals surface area contributed by atoms with Gasteiger partial charge in [0.05, 0.1) is 39.0 Å². The van der Waals surface area contributed by atoms with Crippen LogP contribution >= 0.6 is 0 Å². The number of aryl methyl sites for hydroxylation is 1. The number of carbonyl (C=O) groups is 2. The number of carbonyl (C=O) groups excluding carboxylic acids is 1. The quantitative estimate of drug-likeness (QED) is 0.0411. The van der Waals surface area contributed by atoms with E-state index in [1.165, 1.54) is 30.3 Å². The van der Waals surface area contributed by atoms with E-state index in [9.17, 15) is 32.8 Å². The molecule has 8 N–H and O–H groups in total. The summed E-state index contributed by atoms with van der Waals surface area (Å²) in [5.41, 5.74) is 18.7. The number of phenols is 1. The molecular weight excluding hydrogens is 787 g/mol. The Balaban J connectivity index is 0.989. The smallest absolute Gasteiger partial charge is 0.339 e. The molecule has 1 amide bonds. The van der Waals surface area contributed by atoms with Gasteiger partial charge in [0.2, 0.25) is 0 Å². The minimum absolute atomic E-state index is 0.174.